The third-order valence-corrected chi connectivity index (χ3v) is 3.64. The van der Waals surface area contributed by atoms with Crippen LogP contribution in [-0.4, -0.2) is 43.4 Å². The first-order valence-electron chi connectivity index (χ1n) is 6.26. The molecule has 3 unspecified atom stereocenters. The summed E-state index contributed by atoms with van der Waals surface area (Å²) in [7, 11) is 0. The van der Waals surface area contributed by atoms with Crippen LogP contribution in [0.2, 0.25) is 0 Å². The Morgan fingerprint density at radius 3 is 2.62 bits per heavy atom. The summed E-state index contributed by atoms with van der Waals surface area (Å²) in [5, 5.41) is 3.52. The van der Waals surface area contributed by atoms with Crippen LogP contribution >= 0.6 is 12.4 Å². The fourth-order valence-corrected chi connectivity index (χ4v) is 2.54. The van der Waals surface area contributed by atoms with Crippen molar-refractivity contribution >= 4 is 12.4 Å². The summed E-state index contributed by atoms with van der Waals surface area (Å²) in [5.41, 5.74) is 0. The molecule has 2 saturated heterocycles. The van der Waals surface area contributed by atoms with Crippen molar-refractivity contribution in [1.29, 1.82) is 0 Å². The summed E-state index contributed by atoms with van der Waals surface area (Å²) in [4.78, 5) is 2.55. The van der Waals surface area contributed by atoms with Gasteiger partial charge in [-0.2, -0.15) is 0 Å². The Morgan fingerprint density at radius 1 is 1.38 bits per heavy atom. The van der Waals surface area contributed by atoms with Gasteiger partial charge in [0.25, 0.3) is 0 Å². The highest BCUT2D eigenvalue weighted by atomic mass is 35.5. The SMILES string of the molecule is CC1CNC(C2CCN(C(C)C)C2)OC1.Cl. The van der Waals surface area contributed by atoms with Gasteiger partial charge in [0.05, 0.1) is 6.61 Å². The molecule has 2 heterocycles. The van der Waals surface area contributed by atoms with Crippen LogP contribution in [0.5, 0.6) is 0 Å². The average Bonchev–Trinajstić information content (AvgIpc) is 2.68. The topological polar surface area (TPSA) is 24.5 Å². The lowest BCUT2D eigenvalue weighted by Crippen LogP contribution is -2.47. The molecule has 3 atom stereocenters. The Balaban J connectivity index is 0.00000128. The zero-order valence-corrected chi connectivity index (χ0v) is 11.4. The van der Waals surface area contributed by atoms with Crippen LogP contribution in [0.4, 0.5) is 0 Å². The second kappa shape index (κ2) is 6.20. The molecule has 0 aromatic carbocycles. The Labute approximate surface area is 105 Å². The maximum absolute atomic E-state index is 5.86. The first-order valence-corrected chi connectivity index (χ1v) is 6.26. The van der Waals surface area contributed by atoms with Crippen molar-refractivity contribution in [2.24, 2.45) is 11.8 Å². The van der Waals surface area contributed by atoms with E-state index in [-0.39, 0.29) is 12.4 Å². The second-order valence-electron chi connectivity index (χ2n) is 5.40. The zero-order valence-electron chi connectivity index (χ0n) is 10.6. The van der Waals surface area contributed by atoms with Gasteiger partial charge < -0.3 is 9.64 Å². The minimum absolute atomic E-state index is 0. The molecule has 2 fully saturated rings. The van der Waals surface area contributed by atoms with Crippen molar-refractivity contribution in [2.75, 3.05) is 26.2 Å². The van der Waals surface area contributed by atoms with Crippen LogP contribution in [-0.2, 0) is 4.74 Å². The van der Waals surface area contributed by atoms with E-state index in [1.165, 1.54) is 19.5 Å². The Bertz CT molecular complexity index is 205. The maximum Gasteiger partial charge on any atom is 0.112 e. The number of halogens is 1. The molecule has 2 aliphatic heterocycles. The number of likely N-dealkylation sites (tertiary alicyclic amines) is 1. The van der Waals surface area contributed by atoms with E-state index in [2.05, 4.69) is 31.0 Å². The van der Waals surface area contributed by atoms with E-state index in [0.717, 1.165) is 13.2 Å². The molecule has 96 valence electrons. The third-order valence-electron chi connectivity index (χ3n) is 3.64. The normalized spacial score (nSPS) is 36.4. The maximum atomic E-state index is 5.86. The van der Waals surface area contributed by atoms with Crippen LogP contribution in [0.3, 0.4) is 0 Å². The smallest absolute Gasteiger partial charge is 0.112 e. The van der Waals surface area contributed by atoms with E-state index in [1.807, 2.05) is 0 Å². The fourth-order valence-electron chi connectivity index (χ4n) is 2.54. The molecule has 2 rings (SSSR count). The van der Waals surface area contributed by atoms with Gasteiger partial charge >= 0.3 is 0 Å². The minimum Gasteiger partial charge on any atom is -0.363 e. The first kappa shape index (κ1) is 14.2. The molecule has 0 aromatic heterocycles. The summed E-state index contributed by atoms with van der Waals surface area (Å²) in [6.07, 6.45) is 1.59. The number of rotatable bonds is 2. The second-order valence-corrected chi connectivity index (χ2v) is 5.40. The van der Waals surface area contributed by atoms with E-state index in [1.54, 1.807) is 0 Å². The number of ether oxygens (including phenoxy) is 1. The van der Waals surface area contributed by atoms with Crippen LogP contribution < -0.4 is 5.32 Å². The summed E-state index contributed by atoms with van der Waals surface area (Å²) in [5.74, 6) is 1.36. The van der Waals surface area contributed by atoms with Crippen molar-refractivity contribution in [3.8, 4) is 0 Å². The molecule has 16 heavy (non-hydrogen) atoms. The quantitative estimate of drug-likeness (QED) is 0.806. The Kier molecular flexibility index (Phi) is 5.51. The van der Waals surface area contributed by atoms with Gasteiger partial charge in [0.1, 0.15) is 6.23 Å². The van der Waals surface area contributed by atoms with Crippen LogP contribution in [0.25, 0.3) is 0 Å². The Morgan fingerprint density at radius 2 is 2.12 bits per heavy atom. The van der Waals surface area contributed by atoms with E-state index < -0.39 is 0 Å². The molecule has 0 spiro atoms. The lowest BCUT2D eigenvalue weighted by Gasteiger charge is -2.32. The minimum atomic E-state index is 0. The summed E-state index contributed by atoms with van der Waals surface area (Å²) >= 11 is 0. The predicted octanol–water partition coefficient (Wildman–Crippen LogP) is 1.72. The molecule has 3 nitrogen and oxygen atoms in total. The molecule has 2 aliphatic rings. The van der Waals surface area contributed by atoms with Crippen molar-refractivity contribution < 1.29 is 4.74 Å². The molecule has 1 N–H and O–H groups in total. The summed E-state index contributed by atoms with van der Waals surface area (Å²) in [6.45, 7) is 11.3. The summed E-state index contributed by atoms with van der Waals surface area (Å²) in [6, 6.07) is 0.678. The predicted molar refractivity (Wildman–Crippen MR) is 69.0 cm³/mol. The third kappa shape index (κ3) is 3.33. The molecule has 0 bridgehead atoms. The number of nitrogens with one attached hydrogen (secondary N) is 1. The number of nitrogens with zero attached hydrogens (tertiary/aromatic N) is 1. The highest BCUT2D eigenvalue weighted by Crippen LogP contribution is 2.24. The van der Waals surface area contributed by atoms with Crippen molar-refractivity contribution in [1.82, 2.24) is 10.2 Å². The van der Waals surface area contributed by atoms with Gasteiger partial charge in [-0.15, -0.1) is 12.4 Å². The molecule has 0 amide bonds. The van der Waals surface area contributed by atoms with Crippen LogP contribution in [0.1, 0.15) is 27.2 Å². The van der Waals surface area contributed by atoms with E-state index in [0.29, 0.717) is 24.1 Å². The van der Waals surface area contributed by atoms with Gasteiger partial charge in [-0.25, -0.2) is 0 Å². The molecular weight excluding hydrogens is 224 g/mol. The van der Waals surface area contributed by atoms with Gasteiger partial charge in [0.2, 0.25) is 0 Å². The molecule has 4 heteroatoms. The fraction of sp³-hybridized carbons (Fsp3) is 1.00. The Hall–Kier alpha value is 0.170. The van der Waals surface area contributed by atoms with Crippen molar-refractivity contribution in [3.63, 3.8) is 0 Å². The van der Waals surface area contributed by atoms with Crippen molar-refractivity contribution in [3.05, 3.63) is 0 Å². The van der Waals surface area contributed by atoms with Gasteiger partial charge in [0.15, 0.2) is 0 Å². The van der Waals surface area contributed by atoms with Gasteiger partial charge in [0, 0.05) is 25.0 Å². The monoisotopic (exact) mass is 248 g/mol. The standard InChI is InChI=1S/C12H24N2O.ClH/c1-9(2)14-5-4-11(7-14)12-13-6-10(3)8-15-12;/h9-13H,4-8H2,1-3H3;1H. The lowest BCUT2D eigenvalue weighted by molar-refractivity contribution is -0.0543. The molecule has 0 aromatic rings. The first-order chi connectivity index (χ1) is 7.16. The van der Waals surface area contributed by atoms with E-state index in [4.69, 9.17) is 4.74 Å². The number of hydrogen-bond acceptors (Lipinski definition) is 3. The lowest BCUT2D eigenvalue weighted by atomic mass is 10.0. The number of hydrogen-bond donors (Lipinski definition) is 1. The zero-order chi connectivity index (χ0) is 10.8. The van der Waals surface area contributed by atoms with Gasteiger partial charge in [-0.3, -0.25) is 5.32 Å². The largest absolute Gasteiger partial charge is 0.363 e. The summed E-state index contributed by atoms with van der Waals surface area (Å²) < 4.78 is 5.86. The highest BCUT2D eigenvalue weighted by molar-refractivity contribution is 5.85. The van der Waals surface area contributed by atoms with E-state index >= 15 is 0 Å². The molecule has 0 saturated carbocycles. The highest BCUT2D eigenvalue weighted by Gasteiger charge is 2.32. The van der Waals surface area contributed by atoms with Crippen molar-refractivity contribution in [2.45, 2.75) is 39.5 Å². The van der Waals surface area contributed by atoms with Gasteiger partial charge in [-0.05, 0) is 32.7 Å². The van der Waals surface area contributed by atoms with Crippen LogP contribution in [0.15, 0.2) is 0 Å². The molecule has 0 aliphatic carbocycles. The molecule has 0 radical (unpaired) electrons. The van der Waals surface area contributed by atoms with Crippen LogP contribution in [0, 0.1) is 11.8 Å². The van der Waals surface area contributed by atoms with E-state index in [9.17, 15) is 0 Å². The molecular formula is C12H25ClN2O. The van der Waals surface area contributed by atoms with Gasteiger partial charge in [-0.1, -0.05) is 6.92 Å². The average molecular weight is 249 g/mol.